The maximum Gasteiger partial charge on any atom is 0.119 e. The Labute approximate surface area is 109 Å². The highest BCUT2D eigenvalue weighted by Gasteiger charge is 2.20. The van der Waals surface area contributed by atoms with Gasteiger partial charge in [0.1, 0.15) is 5.75 Å². The van der Waals surface area contributed by atoms with Crippen molar-refractivity contribution in [2.75, 3.05) is 37.7 Å². The van der Waals surface area contributed by atoms with Gasteiger partial charge < -0.3 is 15.0 Å². The fourth-order valence-electron chi connectivity index (χ4n) is 2.43. The lowest BCUT2D eigenvalue weighted by Crippen LogP contribution is -2.43. The predicted molar refractivity (Wildman–Crippen MR) is 74.4 cm³/mol. The maximum absolute atomic E-state index is 5.77. The van der Waals surface area contributed by atoms with Crippen molar-refractivity contribution < 1.29 is 4.74 Å². The van der Waals surface area contributed by atoms with Gasteiger partial charge in [-0.15, -0.1) is 0 Å². The van der Waals surface area contributed by atoms with E-state index in [0.717, 1.165) is 44.5 Å². The van der Waals surface area contributed by atoms with E-state index in [1.807, 2.05) is 0 Å². The molecule has 1 heterocycles. The minimum Gasteiger partial charge on any atom is -0.494 e. The number of rotatable bonds is 5. The van der Waals surface area contributed by atoms with Crippen LogP contribution in [0, 0.1) is 5.92 Å². The van der Waals surface area contributed by atoms with E-state index in [2.05, 4.69) is 34.5 Å². The van der Waals surface area contributed by atoms with Gasteiger partial charge in [-0.25, -0.2) is 0 Å². The first-order valence-electron chi connectivity index (χ1n) is 7.10. The van der Waals surface area contributed by atoms with Gasteiger partial charge in [0.2, 0.25) is 0 Å². The Bertz CT molecular complexity index is 367. The third-order valence-corrected chi connectivity index (χ3v) is 3.81. The van der Waals surface area contributed by atoms with Gasteiger partial charge in [-0.05, 0) is 36.6 Å². The van der Waals surface area contributed by atoms with E-state index in [1.54, 1.807) is 0 Å². The monoisotopic (exact) mass is 246 g/mol. The molecule has 1 N–H and O–H groups in total. The number of benzene rings is 1. The van der Waals surface area contributed by atoms with Crippen LogP contribution in [0.5, 0.6) is 5.75 Å². The molecular formula is C15H22N2O. The molecule has 1 aromatic carbocycles. The highest BCUT2D eigenvalue weighted by atomic mass is 16.5. The molecule has 1 saturated carbocycles. The van der Waals surface area contributed by atoms with Crippen LogP contribution in [0.25, 0.3) is 0 Å². The summed E-state index contributed by atoms with van der Waals surface area (Å²) in [7, 11) is 0. The van der Waals surface area contributed by atoms with Gasteiger partial charge in [0.05, 0.1) is 6.61 Å². The van der Waals surface area contributed by atoms with Crippen molar-refractivity contribution in [3.63, 3.8) is 0 Å². The zero-order chi connectivity index (χ0) is 12.2. The van der Waals surface area contributed by atoms with Crippen LogP contribution in [-0.4, -0.2) is 32.8 Å². The van der Waals surface area contributed by atoms with Gasteiger partial charge in [-0.2, -0.15) is 0 Å². The lowest BCUT2D eigenvalue weighted by atomic mass is 10.2. The van der Waals surface area contributed by atoms with Crippen molar-refractivity contribution in [3.05, 3.63) is 24.3 Å². The van der Waals surface area contributed by atoms with E-state index in [0.29, 0.717) is 0 Å². The molecule has 2 aliphatic rings. The Morgan fingerprint density at radius 1 is 1.11 bits per heavy atom. The van der Waals surface area contributed by atoms with Gasteiger partial charge in [-0.3, -0.25) is 0 Å². The summed E-state index contributed by atoms with van der Waals surface area (Å²) >= 11 is 0. The molecule has 0 radical (unpaired) electrons. The molecule has 0 amide bonds. The molecule has 3 nitrogen and oxygen atoms in total. The summed E-state index contributed by atoms with van der Waals surface area (Å²) in [4.78, 5) is 2.42. The summed E-state index contributed by atoms with van der Waals surface area (Å²) in [5.74, 6) is 1.96. The average molecular weight is 246 g/mol. The summed E-state index contributed by atoms with van der Waals surface area (Å²) in [5, 5.41) is 3.37. The second-order valence-corrected chi connectivity index (χ2v) is 5.31. The summed E-state index contributed by atoms with van der Waals surface area (Å²) in [6.07, 6.45) is 4.04. The van der Waals surface area contributed by atoms with Crippen LogP contribution in [0.3, 0.4) is 0 Å². The van der Waals surface area contributed by atoms with Crippen LogP contribution < -0.4 is 15.0 Å². The molecule has 0 atom stereocenters. The van der Waals surface area contributed by atoms with Gasteiger partial charge >= 0.3 is 0 Å². The summed E-state index contributed by atoms with van der Waals surface area (Å²) in [5.41, 5.74) is 1.31. The summed E-state index contributed by atoms with van der Waals surface area (Å²) in [6.45, 7) is 5.24. The number of hydrogen-bond donors (Lipinski definition) is 1. The molecule has 18 heavy (non-hydrogen) atoms. The van der Waals surface area contributed by atoms with Gasteiger partial charge in [-0.1, -0.05) is 12.8 Å². The van der Waals surface area contributed by atoms with Crippen LogP contribution >= 0.6 is 0 Å². The van der Waals surface area contributed by atoms with Crippen LogP contribution in [-0.2, 0) is 0 Å². The van der Waals surface area contributed by atoms with Crippen LogP contribution in [0.2, 0.25) is 0 Å². The molecule has 1 aliphatic heterocycles. The summed E-state index contributed by atoms with van der Waals surface area (Å²) < 4.78 is 5.77. The van der Waals surface area contributed by atoms with Crippen molar-refractivity contribution in [1.82, 2.24) is 5.32 Å². The topological polar surface area (TPSA) is 24.5 Å². The molecule has 0 bridgehead atoms. The molecule has 1 aliphatic carbocycles. The molecule has 3 heteroatoms. The van der Waals surface area contributed by atoms with E-state index in [-0.39, 0.29) is 0 Å². The number of piperazine rings is 1. The third-order valence-electron chi connectivity index (χ3n) is 3.81. The molecule has 2 fully saturated rings. The molecule has 3 rings (SSSR count). The van der Waals surface area contributed by atoms with Crippen molar-refractivity contribution in [2.45, 2.75) is 19.3 Å². The smallest absolute Gasteiger partial charge is 0.119 e. The number of nitrogens with zero attached hydrogens (tertiary/aromatic N) is 1. The first kappa shape index (κ1) is 11.8. The Morgan fingerprint density at radius 2 is 1.83 bits per heavy atom. The fraction of sp³-hybridized carbons (Fsp3) is 0.600. The molecular weight excluding hydrogens is 224 g/mol. The van der Waals surface area contributed by atoms with Gasteiger partial charge in [0.15, 0.2) is 0 Å². The van der Waals surface area contributed by atoms with E-state index in [4.69, 9.17) is 4.74 Å². The molecule has 0 aromatic heterocycles. The number of nitrogens with one attached hydrogen (secondary N) is 1. The molecule has 0 unspecified atom stereocenters. The normalized spacial score (nSPS) is 19.9. The standard InChI is InChI=1S/C15H22N2O/c1-2-13(1)7-12-18-15-5-3-14(4-6-15)17-10-8-16-9-11-17/h3-6,13,16H,1-2,7-12H2. The quantitative estimate of drug-likeness (QED) is 0.862. The van der Waals surface area contributed by atoms with E-state index >= 15 is 0 Å². The number of hydrogen-bond acceptors (Lipinski definition) is 3. The minimum absolute atomic E-state index is 0.873. The first-order chi connectivity index (χ1) is 8.92. The Morgan fingerprint density at radius 3 is 2.50 bits per heavy atom. The number of ether oxygens (including phenoxy) is 1. The zero-order valence-corrected chi connectivity index (χ0v) is 10.9. The zero-order valence-electron chi connectivity index (χ0n) is 10.9. The third kappa shape index (κ3) is 3.16. The largest absolute Gasteiger partial charge is 0.494 e. The highest BCUT2D eigenvalue weighted by molar-refractivity contribution is 5.49. The Balaban J connectivity index is 1.50. The minimum atomic E-state index is 0.873. The summed E-state index contributed by atoms with van der Waals surface area (Å²) in [6, 6.07) is 8.56. The van der Waals surface area contributed by atoms with E-state index in [9.17, 15) is 0 Å². The van der Waals surface area contributed by atoms with Gasteiger partial charge in [0, 0.05) is 31.9 Å². The van der Waals surface area contributed by atoms with E-state index < -0.39 is 0 Å². The highest BCUT2D eigenvalue weighted by Crippen LogP contribution is 2.32. The second-order valence-electron chi connectivity index (χ2n) is 5.31. The SMILES string of the molecule is c1cc(N2CCNCC2)ccc1OCCC1CC1. The predicted octanol–water partition coefficient (Wildman–Crippen LogP) is 2.28. The lowest BCUT2D eigenvalue weighted by molar-refractivity contribution is 0.302. The van der Waals surface area contributed by atoms with Crippen molar-refractivity contribution >= 4 is 5.69 Å². The molecule has 98 valence electrons. The maximum atomic E-state index is 5.77. The van der Waals surface area contributed by atoms with Crippen molar-refractivity contribution in [3.8, 4) is 5.75 Å². The molecule has 0 spiro atoms. The van der Waals surface area contributed by atoms with Crippen molar-refractivity contribution in [2.24, 2.45) is 5.92 Å². The van der Waals surface area contributed by atoms with Crippen LogP contribution in [0.15, 0.2) is 24.3 Å². The van der Waals surface area contributed by atoms with Gasteiger partial charge in [0.25, 0.3) is 0 Å². The van der Waals surface area contributed by atoms with Crippen molar-refractivity contribution in [1.29, 1.82) is 0 Å². The molecule has 1 aromatic rings. The first-order valence-corrected chi connectivity index (χ1v) is 7.10. The second kappa shape index (κ2) is 5.61. The van der Waals surface area contributed by atoms with Crippen LogP contribution in [0.1, 0.15) is 19.3 Å². The molecule has 1 saturated heterocycles. The van der Waals surface area contributed by atoms with Crippen LogP contribution in [0.4, 0.5) is 5.69 Å². The number of anilines is 1. The fourth-order valence-corrected chi connectivity index (χ4v) is 2.43. The lowest BCUT2D eigenvalue weighted by Gasteiger charge is -2.29. The Kier molecular flexibility index (Phi) is 3.69. The Hall–Kier alpha value is -1.22. The average Bonchev–Trinajstić information content (AvgIpc) is 3.25. The van der Waals surface area contributed by atoms with E-state index in [1.165, 1.54) is 24.9 Å².